The minimum Gasteiger partial charge on any atom is -0.388 e. The van der Waals surface area contributed by atoms with Gasteiger partial charge >= 0.3 is 0 Å². The van der Waals surface area contributed by atoms with E-state index in [0.29, 0.717) is 6.42 Å². The zero-order valence-corrected chi connectivity index (χ0v) is 11.6. The average molecular weight is 262 g/mol. The smallest absolute Gasteiger partial charge is 0.242 e. The Balaban J connectivity index is 2.33. The van der Waals surface area contributed by atoms with Crippen LogP contribution in [0.1, 0.15) is 37.9 Å². The maximum Gasteiger partial charge on any atom is 0.242 e. The van der Waals surface area contributed by atoms with Gasteiger partial charge in [-0.05, 0) is 25.3 Å². The van der Waals surface area contributed by atoms with E-state index < -0.39 is 6.10 Å². The maximum atomic E-state index is 11.9. The standard InChI is InChI=1S/C15H22N2O2/c1-3-14(18)11-7-4-5-8-12(11)17-10-6-9-13(17)15(19)16-2/h4-5,7-8,13-14,18H,3,6,9-10H2,1-2H3,(H,16,19). The molecule has 1 amide bonds. The summed E-state index contributed by atoms with van der Waals surface area (Å²) in [6.07, 6.45) is 2.09. The number of benzene rings is 1. The Hall–Kier alpha value is -1.55. The molecular weight excluding hydrogens is 240 g/mol. The van der Waals surface area contributed by atoms with Crippen LogP contribution >= 0.6 is 0 Å². The summed E-state index contributed by atoms with van der Waals surface area (Å²) in [5.41, 5.74) is 1.91. The van der Waals surface area contributed by atoms with E-state index in [4.69, 9.17) is 0 Å². The highest BCUT2D eigenvalue weighted by atomic mass is 16.3. The molecule has 1 aromatic rings. The summed E-state index contributed by atoms with van der Waals surface area (Å²) in [7, 11) is 1.67. The molecule has 0 saturated carbocycles. The van der Waals surface area contributed by atoms with E-state index >= 15 is 0 Å². The number of hydrogen-bond acceptors (Lipinski definition) is 3. The first-order chi connectivity index (χ1) is 9.19. The molecule has 0 radical (unpaired) electrons. The lowest BCUT2D eigenvalue weighted by molar-refractivity contribution is -0.121. The van der Waals surface area contributed by atoms with Crippen LogP contribution in [0.5, 0.6) is 0 Å². The number of nitrogens with zero attached hydrogens (tertiary/aromatic N) is 1. The topological polar surface area (TPSA) is 52.6 Å². The number of amides is 1. The van der Waals surface area contributed by atoms with Crippen LogP contribution in [-0.2, 0) is 4.79 Å². The predicted molar refractivity (Wildman–Crippen MR) is 76.1 cm³/mol. The van der Waals surface area contributed by atoms with Crippen molar-refractivity contribution in [3.8, 4) is 0 Å². The largest absolute Gasteiger partial charge is 0.388 e. The van der Waals surface area contributed by atoms with E-state index in [0.717, 1.165) is 30.6 Å². The second-order valence-electron chi connectivity index (χ2n) is 4.95. The van der Waals surface area contributed by atoms with Crippen molar-refractivity contribution in [3.63, 3.8) is 0 Å². The molecule has 1 aliphatic heterocycles. The van der Waals surface area contributed by atoms with Gasteiger partial charge in [0.25, 0.3) is 0 Å². The number of nitrogens with one attached hydrogen (secondary N) is 1. The van der Waals surface area contributed by atoms with Crippen LogP contribution < -0.4 is 10.2 Å². The molecule has 19 heavy (non-hydrogen) atoms. The number of carbonyl (C=O) groups excluding carboxylic acids is 1. The van der Waals surface area contributed by atoms with Gasteiger partial charge in [-0.2, -0.15) is 0 Å². The summed E-state index contributed by atoms with van der Waals surface area (Å²) in [5.74, 6) is 0.0540. The van der Waals surface area contributed by atoms with E-state index in [1.165, 1.54) is 0 Å². The van der Waals surface area contributed by atoms with Crippen LogP contribution in [0, 0.1) is 0 Å². The molecule has 2 atom stereocenters. The van der Waals surface area contributed by atoms with Gasteiger partial charge in [0.05, 0.1) is 6.10 Å². The van der Waals surface area contributed by atoms with Crippen LogP contribution in [0.3, 0.4) is 0 Å². The lowest BCUT2D eigenvalue weighted by atomic mass is 10.0. The normalized spacial score (nSPS) is 20.4. The van der Waals surface area contributed by atoms with Crippen molar-refractivity contribution < 1.29 is 9.90 Å². The van der Waals surface area contributed by atoms with Gasteiger partial charge in [0, 0.05) is 24.8 Å². The molecule has 0 aliphatic carbocycles. The molecule has 1 aliphatic rings. The molecule has 1 heterocycles. The Kier molecular flexibility index (Phi) is 4.43. The first-order valence-corrected chi connectivity index (χ1v) is 6.94. The van der Waals surface area contributed by atoms with Gasteiger partial charge < -0.3 is 15.3 Å². The van der Waals surface area contributed by atoms with Gasteiger partial charge in [-0.1, -0.05) is 25.1 Å². The van der Waals surface area contributed by atoms with Crippen molar-refractivity contribution in [3.05, 3.63) is 29.8 Å². The second-order valence-corrected chi connectivity index (χ2v) is 4.95. The zero-order chi connectivity index (χ0) is 13.8. The Morgan fingerprint density at radius 3 is 2.95 bits per heavy atom. The summed E-state index contributed by atoms with van der Waals surface area (Å²) in [6.45, 7) is 2.83. The molecule has 0 bridgehead atoms. The van der Waals surface area contributed by atoms with Gasteiger partial charge in [0.2, 0.25) is 5.91 Å². The highest BCUT2D eigenvalue weighted by molar-refractivity contribution is 5.86. The summed E-state index contributed by atoms with van der Waals surface area (Å²) in [4.78, 5) is 14.1. The second kappa shape index (κ2) is 6.06. The molecule has 4 heteroatoms. The number of aliphatic hydroxyl groups is 1. The summed E-state index contributed by atoms with van der Waals surface area (Å²) in [6, 6.07) is 7.72. The fourth-order valence-corrected chi connectivity index (χ4v) is 2.75. The van der Waals surface area contributed by atoms with Gasteiger partial charge in [-0.15, -0.1) is 0 Å². The van der Waals surface area contributed by atoms with Gasteiger partial charge in [0.1, 0.15) is 6.04 Å². The van der Waals surface area contributed by atoms with Crippen LogP contribution in [0.25, 0.3) is 0 Å². The molecule has 2 rings (SSSR count). The summed E-state index contributed by atoms with van der Waals surface area (Å²) in [5, 5.41) is 12.9. The van der Waals surface area contributed by atoms with E-state index in [1.807, 2.05) is 31.2 Å². The van der Waals surface area contributed by atoms with Gasteiger partial charge in [0.15, 0.2) is 0 Å². The van der Waals surface area contributed by atoms with Gasteiger partial charge in [-0.3, -0.25) is 4.79 Å². The number of hydrogen-bond donors (Lipinski definition) is 2. The van der Waals surface area contributed by atoms with E-state index in [-0.39, 0.29) is 11.9 Å². The number of aliphatic hydroxyl groups excluding tert-OH is 1. The molecule has 104 valence electrons. The third kappa shape index (κ3) is 2.73. The van der Waals surface area contributed by atoms with Crippen molar-refractivity contribution >= 4 is 11.6 Å². The number of para-hydroxylation sites is 1. The molecule has 2 unspecified atom stereocenters. The van der Waals surface area contributed by atoms with Crippen molar-refractivity contribution in [2.24, 2.45) is 0 Å². The Labute approximate surface area is 114 Å². The Bertz CT molecular complexity index is 448. The first-order valence-electron chi connectivity index (χ1n) is 6.94. The highest BCUT2D eigenvalue weighted by Gasteiger charge is 2.31. The van der Waals surface area contributed by atoms with Crippen molar-refractivity contribution in [2.75, 3.05) is 18.5 Å². The lowest BCUT2D eigenvalue weighted by Crippen LogP contribution is -2.42. The number of likely N-dealkylation sites (N-methyl/N-ethyl adjacent to an activating group) is 1. The van der Waals surface area contributed by atoms with Crippen LogP contribution in [0.15, 0.2) is 24.3 Å². The highest BCUT2D eigenvalue weighted by Crippen LogP contribution is 2.33. The molecule has 1 fully saturated rings. The third-order valence-corrected chi connectivity index (χ3v) is 3.79. The maximum absolute atomic E-state index is 11.9. The molecule has 4 nitrogen and oxygen atoms in total. The van der Waals surface area contributed by atoms with Crippen molar-refractivity contribution in [2.45, 2.75) is 38.3 Å². The monoisotopic (exact) mass is 262 g/mol. The molecule has 0 spiro atoms. The predicted octanol–water partition coefficient (Wildman–Crippen LogP) is 1.84. The molecular formula is C15H22N2O2. The number of rotatable bonds is 4. The average Bonchev–Trinajstić information content (AvgIpc) is 2.94. The van der Waals surface area contributed by atoms with Crippen molar-refractivity contribution in [1.82, 2.24) is 5.32 Å². The third-order valence-electron chi connectivity index (χ3n) is 3.79. The minimum atomic E-state index is -0.470. The molecule has 2 N–H and O–H groups in total. The molecule has 1 aromatic carbocycles. The SMILES string of the molecule is CCC(O)c1ccccc1N1CCCC1C(=O)NC. The Morgan fingerprint density at radius 1 is 1.53 bits per heavy atom. The number of carbonyl (C=O) groups is 1. The zero-order valence-electron chi connectivity index (χ0n) is 11.6. The van der Waals surface area contributed by atoms with Crippen LogP contribution in [0.2, 0.25) is 0 Å². The van der Waals surface area contributed by atoms with Crippen LogP contribution in [0.4, 0.5) is 5.69 Å². The molecule has 0 aromatic heterocycles. The fourth-order valence-electron chi connectivity index (χ4n) is 2.75. The number of anilines is 1. The summed E-state index contributed by atoms with van der Waals surface area (Å²) >= 11 is 0. The van der Waals surface area contributed by atoms with Crippen molar-refractivity contribution in [1.29, 1.82) is 0 Å². The van der Waals surface area contributed by atoms with E-state index in [9.17, 15) is 9.90 Å². The van der Waals surface area contributed by atoms with E-state index in [2.05, 4.69) is 10.2 Å². The Morgan fingerprint density at radius 2 is 2.26 bits per heavy atom. The quantitative estimate of drug-likeness (QED) is 0.870. The van der Waals surface area contributed by atoms with Crippen LogP contribution in [-0.4, -0.2) is 30.6 Å². The lowest BCUT2D eigenvalue weighted by Gasteiger charge is -2.28. The molecule has 1 saturated heterocycles. The minimum absolute atomic E-state index is 0.0540. The van der Waals surface area contributed by atoms with Gasteiger partial charge in [-0.25, -0.2) is 0 Å². The fraction of sp³-hybridized carbons (Fsp3) is 0.533. The summed E-state index contributed by atoms with van der Waals surface area (Å²) < 4.78 is 0. The van der Waals surface area contributed by atoms with E-state index in [1.54, 1.807) is 7.05 Å². The first kappa shape index (κ1) is 13.9.